The summed E-state index contributed by atoms with van der Waals surface area (Å²) >= 11 is 0. The van der Waals surface area contributed by atoms with E-state index in [1.807, 2.05) is 6.92 Å². The molecule has 0 radical (unpaired) electrons. The number of carboxylic acids is 1. The lowest BCUT2D eigenvalue weighted by Gasteiger charge is -2.10. The fourth-order valence-corrected chi connectivity index (χ4v) is 1.02. The number of rotatable bonds is 7. The van der Waals surface area contributed by atoms with Gasteiger partial charge in [0.2, 0.25) is 0 Å². The topological polar surface area (TPSA) is 61.7 Å². The summed E-state index contributed by atoms with van der Waals surface area (Å²) in [6.45, 7) is 5.65. The molecule has 0 aromatic heterocycles. The van der Waals surface area contributed by atoms with Gasteiger partial charge in [-0.25, -0.2) is 4.79 Å². The van der Waals surface area contributed by atoms with Crippen LogP contribution >= 0.6 is 0 Å². The van der Waals surface area contributed by atoms with Crippen LogP contribution in [0.25, 0.3) is 0 Å². The number of carbonyl (C=O) groups is 1. The van der Waals surface area contributed by atoms with E-state index in [0.717, 1.165) is 12.8 Å². The first-order chi connectivity index (χ1) is 6.57. The molecule has 82 valence electrons. The molecule has 0 saturated heterocycles. The van der Waals surface area contributed by atoms with Crippen molar-refractivity contribution in [3.63, 3.8) is 0 Å². The number of unbranched alkanes of at least 4 members (excludes halogenated alkanes) is 2. The first kappa shape index (κ1) is 12.9. The van der Waals surface area contributed by atoms with Crippen LogP contribution in [0.2, 0.25) is 0 Å². The van der Waals surface area contributed by atoms with Crippen LogP contribution in [0.15, 0.2) is 5.10 Å². The zero-order valence-corrected chi connectivity index (χ0v) is 9.21. The van der Waals surface area contributed by atoms with E-state index in [9.17, 15) is 4.79 Å². The molecule has 4 nitrogen and oxygen atoms in total. The summed E-state index contributed by atoms with van der Waals surface area (Å²) < 4.78 is 0. The fourth-order valence-electron chi connectivity index (χ4n) is 1.02. The standard InChI is InChI=1S/C10H20N2O2/c1-4-5-6-7-8(2)11-12-9(3)10(13)14/h8,11H,4-7H2,1-3H3,(H,13,14)/b12-9-. The molecule has 1 unspecified atom stereocenters. The second-order valence-electron chi connectivity index (χ2n) is 3.53. The number of hydrogen-bond donors (Lipinski definition) is 2. The predicted molar refractivity (Wildman–Crippen MR) is 57.5 cm³/mol. The van der Waals surface area contributed by atoms with E-state index in [1.165, 1.54) is 19.8 Å². The largest absolute Gasteiger partial charge is 0.477 e. The SMILES string of the molecule is CCCCCC(C)N/N=C(/C)C(=O)O. The molecule has 0 aromatic carbocycles. The van der Waals surface area contributed by atoms with Crippen molar-refractivity contribution in [2.75, 3.05) is 0 Å². The molecule has 1 atom stereocenters. The molecule has 0 aliphatic carbocycles. The van der Waals surface area contributed by atoms with Gasteiger partial charge in [0.25, 0.3) is 0 Å². The van der Waals surface area contributed by atoms with Gasteiger partial charge in [0.1, 0.15) is 5.71 Å². The summed E-state index contributed by atoms with van der Waals surface area (Å²) in [5, 5.41) is 12.3. The molecule has 0 heterocycles. The highest BCUT2D eigenvalue weighted by Crippen LogP contribution is 2.02. The Bertz CT molecular complexity index is 202. The van der Waals surface area contributed by atoms with Gasteiger partial charge in [-0.2, -0.15) is 5.10 Å². The maximum atomic E-state index is 10.4. The Labute approximate surface area is 85.4 Å². The monoisotopic (exact) mass is 200 g/mol. The van der Waals surface area contributed by atoms with Crippen molar-refractivity contribution < 1.29 is 9.90 Å². The van der Waals surface area contributed by atoms with Gasteiger partial charge < -0.3 is 10.5 Å². The predicted octanol–water partition coefficient (Wildman–Crippen LogP) is 2.01. The molecule has 0 spiro atoms. The summed E-state index contributed by atoms with van der Waals surface area (Å²) in [5.74, 6) is -0.974. The Hall–Kier alpha value is -1.06. The normalized spacial score (nSPS) is 13.8. The minimum absolute atomic E-state index is 0.104. The Morgan fingerprint density at radius 1 is 1.50 bits per heavy atom. The number of nitrogens with zero attached hydrogens (tertiary/aromatic N) is 1. The van der Waals surface area contributed by atoms with Crippen LogP contribution in [0.5, 0.6) is 0 Å². The highest BCUT2D eigenvalue weighted by Gasteiger charge is 2.03. The Kier molecular flexibility index (Phi) is 6.80. The minimum atomic E-state index is -0.974. The number of aliphatic carboxylic acids is 1. The van der Waals surface area contributed by atoms with Gasteiger partial charge in [0.15, 0.2) is 0 Å². The quantitative estimate of drug-likeness (QED) is 0.375. The van der Waals surface area contributed by atoms with E-state index in [-0.39, 0.29) is 11.8 Å². The molecular weight excluding hydrogens is 180 g/mol. The molecule has 0 saturated carbocycles. The Balaban J connectivity index is 3.67. The maximum Gasteiger partial charge on any atom is 0.351 e. The maximum absolute atomic E-state index is 10.4. The van der Waals surface area contributed by atoms with Gasteiger partial charge in [0, 0.05) is 6.04 Å². The van der Waals surface area contributed by atoms with Crippen LogP contribution < -0.4 is 5.43 Å². The van der Waals surface area contributed by atoms with E-state index in [4.69, 9.17) is 5.11 Å². The summed E-state index contributed by atoms with van der Waals surface area (Å²) in [5.41, 5.74) is 2.93. The smallest absolute Gasteiger partial charge is 0.351 e. The van der Waals surface area contributed by atoms with E-state index in [2.05, 4.69) is 17.5 Å². The lowest BCUT2D eigenvalue weighted by molar-refractivity contribution is -0.129. The molecular formula is C10H20N2O2. The number of nitrogens with one attached hydrogen (secondary N) is 1. The van der Waals surface area contributed by atoms with Crippen LogP contribution in [0.1, 0.15) is 46.5 Å². The highest BCUT2D eigenvalue weighted by molar-refractivity contribution is 6.34. The summed E-state index contributed by atoms with van der Waals surface area (Å²) in [6.07, 6.45) is 4.61. The van der Waals surface area contributed by atoms with Gasteiger partial charge in [-0.05, 0) is 20.3 Å². The van der Waals surface area contributed by atoms with Gasteiger partial charge in [-0.15, -0.1) is 0 Å². The lowest BCUT2D eigenvalue weighted by atomic mass is 10.1. The third kappa shape index (κ3) is 6.46. The molecule has 0 amide bonds. The van der Waals surface area contributed by atoms with E-state index >= 15 is 0 Å². The van der Waals surface area contributed by atoms with Gasteiger partial charge in [-0.3, -0.25) is 0 Å². The average Bonchev–Trinajstić information content (AvgIpc) is 2.14. The third-order valence-corrected chi connectivity index (χ3v) is 2.00. The van der Waals surface area contributed by atoms with Crippen LogP contribution in [-0.4, -0.2) is 22.8 Å². The van der Waals surface area contributed by atoms with Crippen molar-refractivity contribution in [2.24, 2.45) is 5.10 Å². The minimum Gasteiger partial charge on any atom is -0.477 e. The molecule has 14 heavy (non-hydrogen) atoms. The molecule has 4 heteroatoms. The zero-order valence-electron chi connectivity index (χ0n) is 9.21. The first-order valence-corrected chi connectivity index (χ1v) is 5.11. The van der Waals surface area contributed by atoms with Crippen LogP contribution in [0.3, 0.4) is 0 Å². The highest BCUT2D eigenvalue weighted by atomic mass is 16.4. The second-order valence-corrected chi connectivity index (χ2v) is 3.53. The van der Waals surface area contributed by atoms with Crippen molar-refractivity contribution >= 4 is 11.7 Å². The van der Waals surface area contributed by atoms with Crippen molar-refractivity contribution in [2.45, 2.75) is 52.5 Å². The summed E-state index contributed by atoms with van der Waals surface area (Å²) in [4.78, 5) is 10.4. The molecule has 0 rings (SSSR count). The number of hydrazone groups is 1. The van der Waals surface area contributed by atoms with Gasteiger partial charge >= 0.3 is 5.97 Å². The number of carboxylic acid groups (broad SMARTS) is 1. The molecule has 0 bridgehead atoms. The van der Waals surface area contributed by atoms with Crippen molar-refractivity contribution in [3.8, 4) is 0 Å². The summed E-state index contributed by atoms with van der Waals surface area (Å²) in [6, 6.07) is 0.246. The zero-order chi connectivity index (χ0) is 11.0. The summed E-state index contributed by atoms with van der Waals surface area (Å²) in [7, 11) is 0. The van der Waals surface area contributed by atoms with E-state index in [0.29, 0.717) is 0 Å². The number of hydrogen-bond acceptors (Lipinski definition) is 3. The fraction of sp³-hybridized carbons (Fsp3) is 0.800. The van der Waals surface area contributed by atoms with Crippen LogP contribution in [0.4, 0.5) is 0 Å². The lowest BCUT2D eigenvalue weighted by Crippen LogP contribution is -2.23. The van der Waals surface area contributed by atoms with Crippen molar-refractivity contribution in [1.82, 2.24) is 5.43 Å². The van der Waals surface area contributed by atoms with Crippen LogP contribution in [0, 0.1) is 0 Å². The molecule has 0 aliphatic rings. The molecule has 0 aromatic rings. The van der Waals surface area contributed by atoms with Crippen LogP contribution in [-0.2, 0) is 4.79 Å². The van der Waals surface area contributed by atoms with E-state index < -0.39 is 5.97 Å². The molecule has 0 fully saturated rings. The first-order valence-electron chi connectivity index (χ1n) is 5.11. The van der Waals surface area contributed by atoms with Crippen molar-refractivity contribution in [3.05, 3.63) is 0 Å². The second kappa shape index (κ2) is 7.35. The van der Waals surface area contributed by atoms with Gasteiger partial charge in [-0.1, -0.05) is 26.2 Å². The third-order valence-electron chi connectivity index (χ3n) is 2.00. The Morgan fingerprint density at radius 2 is 2.14 bits per heavy atom. The molecule has 0 aliphatic heterocycles. The van der Waals surface area contributed by atoms with Crippen molar-refractivity contribution in [1.29, 1.82) is 0 Å². The average molecular weight is 200 g/mol. The Morgan fingerprint density at radius 3 is 2.64 bits per heavy atom. The van der Waals surface area contributed by atoms with E-state index in [1.54, 1.807) is 0 Å². The van der Waals surface area contributed by atoms with Gasteiger partial charge in [0.05, 0.1) is 0 Å². The molecule has 2 N–H and O–H groups in total.